The van der Waals surface area contributed by atoms with Gasteiger partial charge < -0.3 is 25.5 Å². The van der Waals surface area contributed by atoms with Crippen molar-refractivity contribution in [1.29, 1.82) is 0 Å². The molecule has 0 atom stereocenters. The fourth-order valence-corrected chi connectivity index (χ4v) is 2.77. The minimum absolute atomic E-state index is 0.210. The Kier molecular flexibility index (Phi) is 6.67. The smallest absolute Gasteiger partial charge is 0.258 e. The van der Waals surface area contributed by atoms with Gasteiger partial charge in [0.1, 0.15) is 11.4 Å². The van der Waals surface area contributed by atoms with Gasteiger partial charge in [0, 0.05) is 23.9 Å². The highest BCUT2D eigenvalue weighted by Gasteiger charge is 2.19. The third-order valence-corrected chi connectivity index (χ3v) is 4.21. The summed E-state index contributed by atoms with van der Waals surface area (Å²) in [6, 6.07) is 9.22. The zero-order valence-electron chi connectivity index (χ0n) is 16.6. The Bertz CT molecular complexity index is 940. The van der Waals surface area contributed by atoms with Gasteiger partial charge in [-0.25, -0.2) is 4.98 Å². The molecule has 3 rings (SSSR count). The van der Waals surface area contributed by atoms with E-state index in [1.54, 1.807) is 12.3 Å². The number of nitrogen functional groups attached to an aromatic ring is 1. The maximum atomic E-state index is 12.5. The number of aromatic nitrogens is 2. The molecular formula is C21H25N5O3. The fourth-order valence-electron chi connectivity index (χ4n) is 2.77. The van der Waals surface area contributed by atoms with Gasteiger partial charge in [-0.05, 0) is 37.6 Å². The van der Waals surface area contributed by atoms with Gasteiger partial charge >= 0.3 is 0 Å². The second-order valence-corrected chi connectivity index (χ2v) is 6.39. The summed E-state index contributed by atoms with van der Waals surface area (Å²) in [6.07, 6.45) is 4.93. The van der Waals surface area contributed by atoms with Crippen LogP contribution in [0.2, 0.25) is 0 Å². The Morgan fingerprint density at radius 1 is 1.24 bits per heavy atom. The van der Waals surface area contributed by atoms with Gasteiger partial charge in [0.25, 0.3) is 5.91 Å². The van der Waals surface area contributed by atoms with Gasteiger partial charge in [0.15, 0.2) is 12.2 Å². The van der Waals surface area contributed by atoms with Gasteiger partial charge in [-0.3, -0.25) is 4.79 Å². The third kappa shape index (κ3) is 5.04. The number of nitrogens with two attached hydrogens (primary N) is 1. The molecule has 0 aliphatic carbocycles. The van der Waals surface area contributed by atoms with E-state index in [1.165, 1.54) is 6.39 Å². The standard InChI is InChI=1S/C21H25N5O3/c1-3-5-10-24-20(27)19-16(22)11-18(26-21(19)28-4-2)25-15-8-6-14(7-9-15)17-12-23-13-29-17/h6-9,11-13H,3-5,10H2,1-2H3,(H,24,27)(H3,22,25,26). The van der Waals surface area contributed by atoms with Crippen molar-refractivity contribution in [2.75, 3.05) is 24.2 Å². The van der Waals surface area contributed by atoms with Gasteiger partial charge in [0.2, 0.25) is 5.88 Å². The first-order valence-electron chi connectivity index (χ1n) is 9.59. The molecule has 152 valence electrons. The minimum atomic E-state index is -0.283. The van der Waals surface area contributed by atoms with Crippen molar-refractivity contribution in [3.05, 3.63) is 48.5 Å². The highest BCUT2D eigenvalue weighted by Crippen LogP contribution is 2.28. The number of nitrogens with one attached hydrogen (secondary N) is 2. The van der Waals surface area contributed by atoms with Crippen LogP contribution in [0.1, 0.15) is 37.0 Å². The van der Waals surface area contributed by atoms with E-state index < -0.39 is 0 Å². The Hall–Kier alpha value is -3.55. The van der Waals surface area contributed by atoms with Crippen LogP contribution in [0, 0.1) is 0 Å². The summed E-state index contributed by atoms with van der Waals surface area (Å²) in [7, 11) is 0. The number of hydrogen-bond donors (Lipinski definition) is 3. The summed E-state index contributed by atoms with van der Waals surface area (Å²) in [4.78, 5) is 20.9. The number of carbonyl (C=O) groups is 1. The first kappa shape index (κ1) is 20.2. The van der Waals surface area contributed by atoms with Gasteiger partial charge in [-0.2, -0.15) is 4.98 Å². The van der Waals surface area contributed by atoms with E-state index in [1.807, 2.05) is 31.2 Å². The van der Waals surface area contributed by atoms with Gasteiger partial charge in [-0.15, -0.1) is 0 Å². The van der Waals surface area contributed by atoms with E-state index >= 15 is 0 Å². The third-order valence-electron chi connectivity index (χ3n) is 4.21. The number of nitrogens with zero attached hydrogens (tertiary/aromatic N) is 2. The van der Waals surface area contributed by atoms with E-state index in [0.29, 0.717) is 30.4 Å². The lowest BCUT2D eigenvalue weighted by molar-refractivity contribution is 0.0949. The molecule has 1 aromatic carbocycles. The lowest BCUT2D eigenvalue weighted by atomic mass is 10.1. The molecule has 0 radical (unpaired) electrons. The number of rotatable bonds is 9. The van der Waals surface area contributed by atoms with Crippen molar-refractivity contribution in [1.82, 2.24) is 15.3 Å². The number of benzene rings is 1. The highest BCUT2D eigenvalue weighted by molar-refractivity contribution is 6.01. The van der Waals surface area contributed by atoms with Crippen LogP contribution in [0.4, 0.5) is 17.2 Å². The lowest BCUT2D eigenvalue weighted by Gasteiger charge is -2.15. The number of pyridine rings is 1. The Balaban J connectivity index is 1.80. The molecular weight excluding hydrogens is 370 g/mol. The van der Waals surface area contributed by atoms with Crippen LogP contribution in [-0.2, 0) is 0 Å². The second-order valence-electron chi connectivity index (χ2n) is 6.39. The molecule has 2 heterocycles. The fraction of sp³-hybridized carbons (Fsp3) is 0.286. The van der Waals surface area contributed by atoms with Gasteiger partial charge in [0.05, 0.1) is 18.5 Å². The Morgan fingerprint density at radius 2 is 2.03 bits per heavy atom. The van der Waals surface area contributed by atoms with E-state index in [9.17, 15) is 4.79 Å². The lowest BCUT2D eigenvalue weighted by Crippen LogP contribution is -2.26. The van der Waals surface area contributed by atoms with Crippen LogP contribution in [0.5, 0.6) is 5.88 Å². The molecule has 0 aliphatic heterocycles. The van der Waals surface area contributed by atoms with Crippen molar-refractivity contribution in [3.63, 3.8) is 0 Å². The molecule has 0 aliphatic rings. The number of hydrogen-bond acceptors (Lipinski definition) is 7. The molecule has 8 heteroatoms. The quantitative estimate of drug-likeness (QED) is 0.469. The molecule has 2 aromatic heterocycles. The summed E-state index contributed by atoms with van der Waals surface area (Å²) >= 11 is 0. The topological polar surface area (TPSA) is 115 Å². The molecule has 4 N–H and O–H groups in total. The predicted octanol–water partition coefficient (Wildman–Crippen LogP) is 3.99. The zero-order chi connectivity index (χ0) is 20.6. The summed E-state index contributed by atoms with van der Waals surface area (Å²) in [5, 5.41) is 6.04. The summed E-state index contributed by atoms with van der Waals surface area (Å²) in [6.45, 7) is 4.85. The van der Waals surface area contributed by atoms with E-state index in [0.717, 1.165) is 24.1 Å². The van der Waals surface area contributed by atoms with Crippen LogP contribution in [-0.4, -0.2) is 29.0 Å². The first-order valence-corrected chi connectivity index (χ1v) is 9.59. The normalized spacial score (nSPS) is 10.6. The molecule has 1 amide bonds. The van der Waals surface area contributed by atoms with Crippen LogP contribution in [0.3, 0.4) is 0 Å². The molecule has 29 heavy (non-hydrogen) atoms. The number of oxazole rings is 1. The molecule has 0 saturated carbocycles. The second kappa shape index (κ2) is 9.59. The first-order chi connectivity index (χ1) is 14.1. The maximum Gasteiger partial charge on any atom is 0.258 e. The van der Waals surface area contributed by atoms with Crippen molar-refractivity contribution in [2.24, 2.45) is 0 Å². The Morgan fingerprint density at radius 3 is 2.69 bits per heavy atom. The largest absolute Gasteiger partial charge is 0.477 e. The number of anilines is 3. The van der Waals surface area contributed by atoms with E-state index in [2.05, 4.69) is 27.5 Å². The van der Waals surface area contributed by atoms with Crippen LogP contribution >= 0.6 is 0 Å². The average molecular weight is 395 g/mol. The van der Waals surface area contributed by atoms with Crippen molar-refractivity contribution < 1.29 is 13.9 Å². The Labute approximate surface area is 169 Å². The summed E-state index contributed by atoms with van der Waals surface area (Å²) in [5.74, 6) is 1.11. The SMILES string of the molecule is CCCCNC(=O)c1c(N)cc(Nc2ccc(-c3cnco3)cc2)nc1OCC. The van der Waals surface area contributed by atoms with Crippen molar-refractivity contribution in [2.45, 2.75) is 26.7 Å². The van der Waals surface area contributed by atoms with Crippen molar-refractivity contribution in [3.8, 4) is 17.2 Å². The molecule has 0 spiro atoms. The molecule has 8 nitrogen and oxygen atoms in total. The molecule has 0 saturated heterocycles. The molecule has 3 aromatic rings. The molecule has 0 unspecified atom stereocenters. The summed E-state index contributed by atoms with van der Waals surface area (Å²) in [5.41, 5.74) is 8.44. The molecule has 0 fully saturated rings. The minimum Gasteiger partial charge on any atom is -0.477 e. The number of ether oxygens (including phenoxy) is 1. The number of amides is 1. The highest BCUT2D eigenvalue weighted by atomic mass is 16.5. The van der Waals surface area contributed by atoms with E-state index in [4.69, 9.17) is 14.9 Å². The van der Waals surface area contributed by atoms with Crippen LogP contribution in [0.15, 0.2) is 47.3 Å². The van der Waals surface area contributed by atoms with Crippen LogP contribution in [0.25, 0.3) is 11.3 Å². The van der Waals surface area contributed by atoms with Crippen molar-refractivity contribution >= 4 is 23.1 Å². The number of carbonyl (C=O) groups excluding carboxylic acids is 1. The summed E-state index contributed by atoms with van der Waals surface area (Å²) < 4.78 is 10.9. The van der Waals surface area contributed by atoms with Gasteiger partial charge in [-0.1, -0.05) is 13.3 Å². The number of unbranched alkanes of at least 4 members (excludes halogenated alkanes) is 1. The molecule has 0 bridgehead atoms. The average Bonchev–Trinajstić information content (AvgIpc) is 3.23. The predicted molar refractivity (Wildman–Crippen MR) is 112 cm³/mol. The monoisotopic (exact) mass is 395 g/mol. The van der Waals surface area contributed by atoms with E-state index in [-0.39, 0.29) is 17.4 Å². The van der Waals surface area contributed by atoms with Crippen LogP contribution < -0.4 is 21.1 Å². The maximum absolute atomic E-state index is 12.5. The zero-order valence-corrected chi connectivity index (χ0v) is 16.6.